The summed E-state index contributed by atoms with van der Waals surface area (Å²) in [5.41, 5.74) is -0.724. The Morgan fingerprint density at radius 2 is 2.00 bits per heavy atom. The third-order valence-electron chi connectivity index (χ3n) is 2.51. The fourth-order valence-electron chi connectivity index (χ4n) is 1.64. The zero-order valence-corrected chi connectivity index (χ0v) is 12.6. The van der Waals surface area contributed by atoms with Crippen molar-refractivity contribution >= 4 is 29.2 Å². The van der Waals surface area contributed by atoms with Crippen LogP contribution in [-0.2, 0) is 6.18 Å². The molecular formula is C14H12ClF3N2S. The molecule has 7 heteroatoms. The first-order valence-corrected chi connectivity index (χ1v) is 7.34. The number of alkyl halides is 3. The highest BCUT2D eigenvalue weighted by molar-refractivity contribution is 7.99. The molecule has 0 unspecified atom stereocenters. The highest BCUT2D eigenvalue weighted by Gasteiger charge is 2.31. The Morgan fingerprint density at radius 1 is 1.24 bits per heavy atom. The standard InChI is InChI=1S/C14H12ClF3N2S/c1-2-19-12-6-9(14(16,17)18)7-13(20-12)21-11-5-3-4-10(15)8-11/h3-8H,2H2,1H3,(H,19,20). The number of nitrogens with one attached hydrogen (secondary N) is 1. The third kappa shape index (κ3) is 4.54. The average molecular weight is 333 g/mol. The van der Waals surface area contributed by atoms with E-state index in [1.165, 1.54) is 0 Å². The van der Waals surface area contributed by atoms with Crippen molar-refractivity contribution < 1.29 is 13.2 Å². The van der Waals surface area contributed by atoms with E-state index >= 15 is 0 Å². The van der Waals surface area contributed by atoms with Gasteiger partial charge < -0.3 is 5.32 Å². The number of pyridine rings is 1. The molecule has 112 valence electrons. The Morgan fingerprint density at radius 3 is 2.62 bits per heavy atom. The van der Waals surface area contributed by atoms with Crippen LogP contribution in [0.2, 0.25) is 5.02 Å². The summed E-state index contributed by atoms with van der Waals surface area (Å²) in [5.74, 6) is 0.205. The average Bonchev–Trinajstić information content (AvgIpc) is 2.37. The molecule has 1 aromatic carbocycles. The molecule has 0 atom stereocenters. The van der Waals surface area contributed by atoms with E-state index in [-0.39, 0.29) is 10.8 Å². The highest BCUT2D eigenvalue weighted by atomic mass is 35.5. The summed E-state index contributed by atoms with van der Waals surface area (Å²) >= 11 is 7.01. The van der Waals surface area contributed by atoms with E-state index in [1.807, 2.05) is 0 Å². The minimum atomic E-state index is -4.41. The zero-order valence-electron chi connectivity index (χ0n) is 11.0. The van der Waals surface area contributed by atoms with Crippen LogP contribution in [-0.4, -0.2) is 11.5 Å². The van der Waals surface area contributed by atoms with Crippen LogP contribution in [0.25, 0.3) is 0 Å². The Labute approximate surface area is 129 Å². The highest BCUT2D eigenvalue weighted by Crippen LogP contribution is 2.35. The van der Waals surface area contributed by atoms with Gasteiger partial charge in [0.2, 0.25) is 0 Å². The molecule has 1 heterocycles. The van der Waals surface area contributed by atoms with Crippen molar-refractivity contribution in [2.24, 2.45) is 0 Å². The van der Waals surface area contributed by atoms with Gasteiger partial charge in [-0.25, -0.2) is 4.98 Å². The summed E-state index contributed by atoms with van der Waals surface area (Å²) in [7, 11) is 0. The van der Waals surface area contributed by atoms with Crippen molar-refractivity contribution in [3.8, 4) is 0 Å². The van der Waals surface area contributed by atoms with Crippen LogP contribution in [0.4, 0.5) is 19.0 Å². The summed E-state index contributed by atoms with van der Waals surface area (Å²) in [6.07, 6.45) is -4.41. The van der Waals surface area contributed by atoms with E-state index in [4.69, 9.17) is 11.6 Å². The van der Waals surface area contributed by atoms with Gasteiger partial charge in [-0.3, -0.25) is 0 Å². The van der Waals surface area contributed by atoms with Crippen LogP contribution in [0.1, 0.15) is 12.5 Å². The first-order valence-electron chi connectivity index (χ1n) is 6.15. The topological polar surface area (TPSA) is 24.9 Å². The molecular weight excluding hydrogens is 321 g/mol. The van der Waals surface area contributed by atoms with Gasteiger partial charge in [0.05, 0.1) is 5.56 Å². The largest absolute Gasteiger partial charge is 0.416 e. The predicted molar refractivity (Wildman–Crippen MR) is 79.0 cm³/mol. The summed E-state index contributed by atoms with van der Waals surface area (Å²) < 4.78 is 38.7. The molecule has 0 amide bonds. The second-order valence-electron chi connectivity index (χ2n) is 4.17. The van der Waals surface area contributed by atoms with Crippen molar-refractivity contribution in [2.45, 2.75) is 23.0 Å². The smallest absolute Gasteiger partial charge is 0.370 e. The normalized spacial score (nSPS) is 11.5. The van der Waals surface area contributed by atoms with Crippen molar-refractivity contribution in [3.05, 3.63) is 47.0 Å². The van der Waals surface area contributed by atoms with Gasteiger partial charge in [-0.05, 0) is 37.3 Å². The number of hydrogen-bond acceptors (Lipinski definition) is 3. The van der Waals surface area contributed by atoms with Crippen LogP contribution >= 0.6 is 23.4 Å². The van der Waals surface area contributed by atoms with Gasteiger partial charge in [-0.2, -0.15) is 13.2 Å². The van der Waals surface area contributed by atoms with Crippen molar-refractivity contribution in [1.29, 1.82) is 0 Å². The molecule has 0 aliphatic rings. The second kappa shape index (κ2) is 6.58. The molecule has 2 aromatic rings. The Hall–Kier alpha value is -1.40. The van der Waals surface area contributed by atoms with Gasteiger partial charge in [-0.1, -0.05) is 29.4 Å². The first-order chi connectivity index (χ1) is 9.88. The quantitative estimate of drug-likeness (QED) is 0.818. The third-order valence-corrected chi connectivity index (χ3v) is 3.65. The van der Waals surface area contributed by atoms with Crippen LogP contribution in [0.5, 0.6) is 0 Å². The number of hydrogen-bond donors (Lipinski definition) is 1. The lowest BCUT2D eigenvalue weighted by atomic mass is 10.2. The SMILES string of the molecule is CCNc1cc(C(F)(F)F)cc(Sc2cccc(Cl)c2)n1. The number of nitrogens with zero attached hydrogens (tertiary/aromatic N) is 1. The van der Waals surface area contributed by atoms with Crippen LogP contribution in [0, 0.1) is 0 Å². The Balaban J connectivity index is 2.35. The summed E-state index contributed by atoms with van der Waals surface area (Å²) in [6, 6.07) is 8.93. The predicted octanol–water partition coefficient (Wildman–Crippen LogP) is 5.34. The lowest BCUT2D eigenvalue weighted by Crippen LogP contribution is -2.08. The van der Waals surface area contributed by atoms with Gasteiger partial charge in [0.25, 0.3) is 0 Å². The minimum Gasteiger partial charge on any atom is -0.370 e. The van der Waals surface area contributed by atoms with Gasteiger partial charge >= 0.3 is 6.18 Å². The molecule has 0 spiro atoms. The van der Waals surface area contributed by atoms with E-state index in [0.717, 1.165) is 28.8 Å². The minimum absolute atomic E-state index is 0.205. The number of halogens is 4. The zero-order chi connectivity index (χ0) is 15.5. The van der Waals surface area contributed by atoms with Gasteiger partial charge in [0, 0.05) is 16.5 Å². The molecule has 1 aromatic heterocycles. The molecule has 0 saturated carbocycles. The molecule has 0 aliphatic heterocycles. The van der Waals surface area contributed by atoms with Crippen LogP contribution in [0.15, 0.2) is 46.3 Å². The van der Waals surface area contributed by atoms with E-state index in [1.54, 1.807) is 31.2 Å². The fraction of sp³-hybridized carbons (Fsp3) is 0.214. The van der Waals surface area contributed by atoms with Gasteiger partial charge in [0.1, 0.15) is 10.8 Å². The number of rotatable bonds is 4. The Kier molecular flexibility index (Phi) is 5.00. The van der Waals surface area contributed by atoms with Crippen LogP contribution in [0.3, 0.4) is 0 Å². The van der Waals surface area contributed by atoms with Crippen molar-refractivity contribution in [1.82, 2.24) is 4.98 Å². The van der Waals surface area contributed by atoms with E-state index < -0.39 is 11.7 Å². The maximum Gasteiger partial charge on any atom is 0.416 e. The molecule has 0 radical (unpaired) electrons. The number of anilines is 1. The van der Waals surface area contributed by atoms with Crippen molar-refractivity contribution in [3.63, 3.8) is 0 Å². The lowest BCUT2D eigenvalue weighted by Gasteiger charge is -2.12. The number of aromatic nitrogens is 1. The van der Waals surface area contributed by atoms with Crippen LogP contribution < -0.4 is 5.32 Å². The molecule has 0 fully saturated rings. The molecule has 1 N–H and O–H groups in total. The fourth-order valence-corrected chi connectivity index (χ4v) is 2.80. The maximum absolute atomic E-state index is 12.9. The molecule has 0 bridgehead atoms. The lowest BCUT2D eigenvalue weighted by molar-refractivity contribution is -0.137. The molecule has 2 rings (SSSR count). The first kappa shape index (κ1) is 16.0. The van der Waals surface area contributed by atoms with Gasteiger partial charge in [-0.15, -0.1) is 0 Å². The second-order valence-corrected chi connectivity index (χ2v) is 5.70. The maximum atomic E-state index is 12.9. The molecule has 0 saturated heterocycles. The molecule has 21 heavy (non-hydrogen) atoms. The van der Waals surface area contributed by atoms with Crippen molar-refractivity contribution in [2.75, 3.05) is 11.9 Å². The molecule has 2 nitrogen and oxygen atoms in total. The number of benzene rings is 1. The Bertz CT molecular complexity index is 632. The van der Waals surface area contributed by atoms with E-state index in [9.17, 15) is 13.2 Å². The monoisotopic (exact) mass is 332 g/mol. The van der Waals surface area contributed by atoms with E-state index in [0.29, 0.717) is 11.6 Å². The summed E-state index contributed by atoms with van der Waals surface area (Å²) in [6.45, 7) is 2.29. The molecule has 0 aliphatic carbocycles. The summed E-state index contributed by atoms with van der Waals surface area (Å²) in [4.78, 5) is 4.90. The summed E-state index contributed by atoms with van der Waals surface area (Å²) in [5, 5.41) is 3.60. The van der Waals surface area contributed by atoms with Gasteiger partial charge in [0.15, 0.2) is 0 Å². The van der Waals surface area contributed by atoms with E-state index in [2.05, 4.69) is 10.3 Å².